The third-order valence-corrected chi connectivity index (χ3v) is 6.23. The number of nitrogens with zero attached hydrogens (tertiary/aromatic N) is 2. The van der Waals surface area contributed by atoms with Crippen LogP contribution in [0.25, 0.3) is 11.1 Å². The highest BCUT2D eigenvalue weighted by atomic mass is 16.4. The molecule has 1 aromatic heterocycles. The van der Waals surface area contributed by atoms with Crippen LogP contribution in [0.15, 0.2) is 89.3 Å². The van der Waals surface area contributed by atoms with Crippen LogP contribution in [0, 0.1) is 0 Å². The maximum atomic E-state index is 13.0. The van der Waals surface area contributed by atoms with E-state index in [1.54, 1.807) is 0 Å². The predicted molar refractivity (Wildman–Crippen MR) is 127 cm³/mol. The van der Waals surface area contributed by atoms with Crippen molar-refractivity contribution in [3.8, 4) is 0 Å². The Morgan fingerprint density at radius 1 is 0.969 bits per heavy atom. The number of hydrogen-bond donors (Lipinski definition) is 1. The van der Waals surface area contributed by atoms with E-state index in [1.165, 1.54) is 0 Å². The molecule has 4 aromatic rings. The van der Waals surface area contributed by atoms with Crippen molar-refractivity contribution in [2.75, 3.05) is 18.0 Å². The van der Waals surface area contributed by atoms with Crippen LogP contribution in [0.5, 0.6) is 0 Å². The molecule has 0 radical (unpaired) electrons. The number of para-hydroxylation sites is 2. The largest absolute Gasteiger partial charge is 0.423 e. The van der Waals surface area contributed by atoms with E-state index >= 15 is 0 Å². The van der Waals surface area contributed by atoms with Gasteiger partial charge in [0.15, 0.2) is 5.58 Å². The molecule has 32 heavy (non-hydrogen) atoms. The molecular formula is C27H27N3O2. The lowest BCUT2D eigenvalue weighted by Crippen LogP contribution is -2.40. The van der Waals surface area contributed by atoms with E-state index in [-0.39, 0.29) is 17.9 Å². The number of benzene rings is 3. The number of rotatable bonds is 7. The number of carbonyl (C=O) groups is 1. The number of hydrogen-bond acceptors (Lipinski definition) is 4. The van der Waals surface area contributed by atoms with Gasteiger partial charge in [-0.3, -0.25) is 4.79 Å². The Morgan fingerprint density at radius 3 is 2.31 bits per heavy atom. The summed E-state index contributed by atoms with van der Waals surface area (Å²) in [5.74, 6) is 0.0984. The van der Waals surface area contributed by atoms with Gasteiger partial charge in [0.2, 0.25) is 5.91 Å². The number of nitrogens with one attached hydrogen (secondary N) is 1. The van der Waals surface area contributed by atoms with Crippen molar-refractivity contribution in [1.82, 2.24) is 10.3 Å². The van der Waals surface area contributed by atoms with Gasteiger partial charge in [0.1, 0.15) is 5.52 Å². The lowest BCUT2D eigenvalue weighted by atomic mass is 9.88. The van der Waals surface area contributed by atoms with Gasteiger partial charge in [-0.25, -0.2) is 0 Å². The van der Waals surface area contributed by atoms with Crippen molar-refractivity contribution >= 4 is 23.0 Å². The summed E-state index contributed by atoms with van der Waals surface area (Å²) in [6, 6.07) is 29.2. The minimum absolute atomic E-state index is 0.0362. The number of amides is 1. The first-order valence-electron chi connectivity index (χ1n) is 11.3. The number of aromatic nitrogens is 1. The van der Waals surface area contributed by atoms with Gasteiger partial charge in [0.25, 0.3) is 6.01 Å². The van der Waals surface area contributed by atoms with Gasteiger partial charge in [-0.2, -0.15) is 4.98 Å². The van der Waals surface area contributed by atoms with Crippen LogP contribution >= 0.6 is 0 Å². The molecular weight excluding hydrogens is 398 g/mol. The van der Waals surface area contributed by atoms with E-state index < -0.39 is 0 Å². The third kappa shape index (κ3) is 4.37. The molecule has 1 saturated heterocycles. The molecule has 5 nitrogen and oxygen atoms in total. The molecule has 3 aromatic carbocycles. The molecule has 5 heteroatoms. The first kappa shape index (κ1) is 20.3. The molecule has 2 heterocycles. The normalized spacial score (nSPS) is 16.0. The molecule has 1 N–H and O–H groups in total. The lowest BCUT2D eigenvalue weighted by Gasteiger charge is -2.24. The Kier molecular flexibility index (Phi) is 5.88. The minimum Gasteiger partial charge on any atom is -0.423 e. The fourth-order valence-electron chi connectivity index (χ4n) is 4.57. The molecule has 5 rings (SSSR count). The van der Waals surface area contributed by atoms with E-state index in [0.29, 0.717) is 19.0 Å². The molecule has 1 aliphatic rings. The fourth-order valence-corrected chi connectivity index (χ4v) is 4.57. The summed E-state index contributed by atoms with van der Waals surface area (Å²) in [6.45, 7) is 1.48. The van der Waals surface area contributed by atoms with Gasteiger partial charge in [-0.05, 0) is 36.1 Å². The van der Waals surface area contributed by atoms with Gasteiger partial charge < -0.3 is 14.6 Å². The summed E-state index contributed by atoms with van der Waals surface area (Å²) in [7, 11) is 0. The van der Waals surface area contributed by atoms with Crippen molar-refractivity contribution in [3.05, 3.63) is 96.1 Å². The fraction of sp³-hybridized carbons (Fsp3) is 0.259. The second-order valence-corrected chi connectivity index (χ2v) is 8.34. The molecule has 0 saturated carbocycles. The Morgan fingerprint density at radius 2 is 1.62 bits per heavy atom. The van der Waals surface area contributed by atoms with Crippen LogP contribution in [0.3, 0.4) is 0 Å². The maximum absolute atomic E-state index is 13.0. The SMILES string of the molecule is O=C(CC(c1ccccc1)c1ccccc1)NCC1CCCN1c1nc2ccccc2o1. The molecule has 0 bridgehead atoms. The quantitative estimate of drug-likeness (QED) is 0.446. The molecule has 0 aliphatic carbocycles. The Hall–Kier alpha value is -3.60. The van der Waals surface area contributed by atoms with Gasteiger partial charge in [0.05, 0.1) is 6.04 Å². The van der Waals surface area contributed by atoms with Crippen molar-refractivity contribution in [2.24, 2.45) is 0 Å². The standard InChI is InChI=1S/C27H27N3O2/c31-26(18-23(20-10-3-1-4-11-20)21-12-5-2-6-13-21)28-19-22-14-9-17-30(22)27-29-24-15-7-8-16-25(24)32-27/h1-8,10-13,15-16,22-23H,9,14,17-19H2,(H,28,31). The summed E-state index contributed by atoms with van der Waals surface area (Å²) in [5.41, 5.74) is 3.97. The first-order valence-corrected chi connectivity index (χ1v) is 11.3. The number of fused-ring (bicyclic) bond motifs is 1. The van der Waals surface area contributed by atoms with Crippen molar-refractivity contribution in [1.29, 1.82) is 0 Å². The van der Waals surface area contributed by atoms with Gasteiger partial charge in [0, 0.05) is 25.4 Å². The molecule has 162 valence electrons. The smallest absolute Gasteiger partial charge is 0.298 e. The van der Waals surface area contributed by atoms with E-state index in [0.717, 1.165) is 41.6 Å². The Labute approximate surface area is 188 Å². The number of carbonyl (C=O) groups excluding carboxylic acids is 1. The maximum Gasteiger partial charge on any atom is 0.298 e. The molecule has 1 atom stereocenters. The molecule has 1 unspecified atom stereocenters. The summed E-state index contributed by atoms with van der Waals surface area (Å²) in [4.78, 5) is 19.8. The van der Waals surface area contributed by atoms with E-state index in [9.17, 15) is 4.79 Å². The van der Waals surface area contributed by atoms with Crippen LogP contribution in [0.2, 0.25) is 0 Å². The third-order valence-electron chi connectivity index (χ3n) is 6.23. The van der Waals surface area contributed by atoms with Crippen LogP contribution in [-0.4, -0.2) is 30.0 Å². The zero-order chi connectivity index (χ0) is 21.8. The first-order chi connectivity index (χ1) is 15.8. The average molecular weight is 426 g/mol. The summed E-state index contributed by atoms with van der Waals surface area (Å²) in [5, 5.41) is 3.18. The lowest BCUT2D eigenvalue weighted by molar-refractivity contribution is -0.121. The highest BCUT2D eigenvalue weighted by Gasteiger charge is 2.29. The Bertz CT molecular complexity index is 1100. The zero-order valence-electron chi connectivity index (χ0n) is 18.0. The minimum atomic E-state index is 0.0362. The van der Waals surface area contributed by atoms with E-state index in [1.807, 2.05) is 60.7 Å². The van der Waals surface area contributed by atoms with Crippen LogP contribution in [-0.2, 0) is 4.79 Å². The summed E-state index contributed by atoms with van der Waals surface area (Å²) < 4.78 is 5.97. The van der Waals surface area contributed by atoms with Crippen LogP contribution in [0.4, 0.5) is 6.01 Å². The molecule has 1 amide bonds. The van der Waals surface area contributed by atoms with Gasteiger partial charge in [-0.15, -0.1) is 0 Å². The van der Waals surface area contributed by atoms with Gasteiger partial charge in [-0.1, -0.05) is 72.8 Å². The topological polar surface area (TPSA) is 58.4 Å². The van der Waals surface area contributed by atoms with Crippen LogP contribution < -0.4 is 10.2 Å². The second-order valence-electron chi connectivity index (χ2n) is 8.34. The van der Waals surface area contributed by atoms with Gasteiger partial charge >= 0.3 is 0 Å². The van der Waals surface area contributed by atoms with Crippen molar-refractivity contribution < 1.29 is 9.21 Å². The summed E-state index contributed by atoms with van der Waals surface area (Å²) in [6.07, 6.45) is 2.50. The summed E-state index contributed by atoms with van der Waals surface area (Å²) >= 11 is 0. The van der Waals surface area contributed by atoms with E-state index in [4.69, 9.17) is 4.42 Å². The van der Waals surface area contributed by atoms with Crippen molar-refractivity contribution in [2.45, 2.75) is 31.2 Å². The van der Waals surface area contributed by atoms with E-state index in [2.05, 4.69) is 39.5 Å². The highest BCUT2D eigenvalue weighted by Crippen LogP contribution is 2.29. The molecule has 1 fully saturated rings. The Balaban J connectivity index is 1.26. The second kappa shape index (κ2) is 9.27. The average Bonchev–Trinajstić information content (AvgIpc) is 3.49. The molecule has 0 spiro atoms. The zero-order valence-corrected chi connectivity index (χ0v) is 18.0. The van der Waals surface area contributed by atoms with Crippen LogP contribution in [0.1, 0.15) is 36.3 Å². The highest BCUT2D eigenvalue weighted by molar-refractivity contribution is 5.78. The monoisotopic (exact) mass is 425 g/mol. The number of oxazole rings is 1. The predicted octanol–water partition coefficient (Wildman–Crippen LogP) is 5.14. The number of anilines is 1. The van der Waals surface area contributed by atoms with Crippen molar-refractivity contribution in [3.63, 3.8) is 0 Å². The molecule has 1 aliphatic heterocycles.